The molecule has 2 aliphatic rings. The van der Waals surface area contributed by atoms with E-state index in [9.17, 15) is 14.3 Å². The van der Waals surface area contributed by atoms with Crippen molar-refractivity contribution in [1.82, 2.24) is 14.7 Å². The largest absolute Gasteiger partial charge is 0.391 e. The van der Waals surface area contributed by atoms with Crippen LogP contribution in [0.15, 0.2) is 67.0 Å². The van der Waals surface area contributed by atoms with Crippen molar-refractivity contribution in [3.63, 3.8) is 0 Å². The summed E-state index contributed by atoms with van der Waals surface area (Å²) in [4.78, 5) is 15.3. The molecular weight excluding hydrogens is 381 g/mol. The summed E-state index contributed by atoms with van der Waals surface area (Å²) >= 11 is 0. The number of hydrogen-bond acceptors (Lipinski definition) is 3. The Bertz CT molecular complexity index is 1050. The van der Waals surface area contributed by atoms with Gasteiger partial charge in [0, 0.05) is 36.6 Å². The molecule has 0 bridgehead atoms. The monoisotopic (exact) mass is 405 g/mol. The zero-order valence-corrected chi connectivity index (χ0v) is 16.6. The lowest BCUT2D eigenvalue weighted by atomic mass is 9.77. The molecule has 154 valence electrons. The van der Waals surface area contributed by atoms with Gasteiger partial charge < -0.3 is 10.0 Å². The van der Waals surface area contributed by atoms with Gasteiger partial charge in [0.2, 0.25) is 0 Å². The minimum atomic E-state index is -0.466. The Morgan fingerprint density at radius 3 is 2.40 bits per heavy atom. The van der Waals surface area contributed by atoms with Crippen LogP contribution in [0.1, 0.15) is 29.2 Å². The molecule has 5 rings (SSSR count). The number of halogens is 1. The number of carbonyl (C=O) groups is 1. The van der Waals surface area contributed by atoms with Crippen molar-refractivity contribution in [3.8, 4) is 11.1 Å². The maximum atomic E-state index is 14.4. The van der Waals surface area contributed by atoms with E-state index in [-0.39, 0.29) is 23.7 Å². The Kier molecular flexibility index (Phi) is 4.87. The average molecular weight is 405 g/mol. The smallest absolute Gasteiger partial charge is 0.254 e. The van der Waals surface area contributed by atoms with Crippen molar-refractivity contribution in [3.05, 3.63) is 78.4 Å². The number of fused-ring (bicyclic) bond motifs is 1. The molecule has 3 aromatic rings. The summed E-state index contributed by atoms with van der Waals surface area (Å²) in [7, 11) is 0. The first-order valence-corrected chi connectivity index (χ1v) is 10.4. The molecule has 6 heteroatoms. The van der Waals surface area contributed by atoms with Crippen LogP contribution in [-0.2, 0) is 0 Å². The SMILES string of the molecule is O=C(c1ccccc1-c1ccccc1F)N1C[C@H]2C[C@@H](n3cccn3)[C@H](O)C[C@H]2C1. The summed E-state index contributed by atoms with van der Waals surface area (Å²) in [5.74, 6) is 0.190. The van der Waals surface area contributed by atoms with Crippen LogP contribution in [0.2, 0.25) is 0 Å². The Balaban J connectivity index is 1.39. The van der Waals surface area contributed by atoms with Crippen molar-refractivity contribution >= 4 is 5.91 Å². The number of aromatic nitrogens is 2. The van der Waals surface area contributed by atoms with Crippen molar-refractivity contribution in [1.29, 1.82) is 0 Å². The highest BCUT2D eigenvalue weighted by Crippen LogP contribution is 2.41. The van der Waals surface area contributed by atoms with E-state index in [0.29, 0.717) is 42.1 Å². The van der Waals surface area contributed by atoms with E-state index in [1.54, 1.807) is 36.5 Å². The standard InChI is InChI=1S/C24H24FN3O2/c25-21-9-4-3-7-19(21)18-6-1-2-8-20(18)24(30)27-14-16-12-22(28-11-5-10-26-28)23(29)13-17(16)15-27/h1-11,16-17,22-23,29H,12-15H2/t16-,17+,22-,23-/m1/s1. The molecule has 1 amide bonds. The quantitative estimate of drug-likeness (QED) is 0.722. The van der Waals surface area contributed by atoms with E-state index in [1.807, 2.05) is 34.0 Å². The maximum Gasteiger partial charge on any atom is 0.254 e. The van der Waals surface area contributed by atoms with Gasteiger partial charge in [0.15, 0.2) is 0 Å². The summed E-state index contributed by atoms with van der Waals surface area (Å²) in [5, 5.41) is 14.9. The van der Waals surface area contributed by atoms with Gasteiger partial charge in [0.25, 0.3) is 5.91 Å². The predicted molar refractivity (Wildman–Crippen MR) is 111 cm³/mol. The molecule has 1 aromatic heterocycles. The molecular formula is C24H24FN3O2. The van der Waals surface area contributed by atoms with Crippen LogP contribution in [0.25, 0.3) is 11.1 Å². The second kappa shape index (κ2) is 7.69. The first-order valence-electron chi connectivity index (χ1n) is 10.4. The fourth-order valence-electron chi connectivity index (χ4n) is 5.09. The van der Waals surface area contributed by atoms with Crippen LogP contribution in [0.3, 0.4) is 0 Å². The van der Waals surface area contributed by atoms with Crippen molar-refractivity contribution < 1.29 is 14.3 Å². The van der Waals surface area contributed by atoms with Crippen LogP contribution in [0.5, 0.6) is 0 Å². The Morgan fingerprint density at radius 1 is 0.967 bits per heavy atom. The summed E-state index contributed by atoms with van der Waals surface area (Å²) in [6, 6.07) is 15.6. The number of benzene rings is 2. The van der Waals surface area contributed by atoms with Gasteiger partial charge in [-0.25, -0.2) is 4.39 Å². The highest BCUT2D eigenvalue weighted by atomic mass is 19.1. The van der Waals surface area contributed by atoms with Crippen molar-refractivity contribution in [2.24, 2.45) is 11.8 Å². The van der Waals surface area contributed by atoms with Crippen LogP contribution in [-0.4, -0.2) is 44.9 Å². The van der Waals surface area contributed by atoms with E-state index in [1.165, 1.54) is 6.07 Å². The normalized spacial score (nSPS) is 25.9. The number of likely N-dealkylation sites (tertiary alicyclic amines) is 1. The zero-order valence-electron chi connectivity index (χ0n) is 16.6. The molecule has 1 aliphatic carbocycles. The minimum absolute atomic E-state index is 0.0537. The van der Waals surface area contributed by atoms with E-state index in [2.05, 4.69) is 5.10 Å². The number of hydrogen-bond donors (Lipinski definition) is 1. The number of aliphatic hydroxyl groups excluding tert-OH is 1. The van der Waals surface area contributed by atoms with E-state index in [0.717, 1.165) is 6.42 Å². The third-order valence-electron chi connectivity index (χ3n) is 6.58. The molecule has 2 fully saturated rings. The van der Waals surface area contributed by atoms with Crippen molar-refractivity contribution in [2.45, 2.75) is 25.0 Å². The summed E-state index contributed by atoms with van der Waals surface area (Å²) in [6.07, 6.45) is 4.60. The Labute approximate surface area is 174 Å². The molecule has 1 N–H and O–H groups in total. The van der Waals surface area contributed by atoms with E-state index in [4.69, 9.17) is 0 Å². The summed E-state index contributed by atoms with van der Waals surface area (Å²) in [6.45, 7) is 1.28. The van der Waals surface area contributed by atoms with Crippen LogP contribution in [0, 0.1) is 17.7 Å². The predicted octanol–water partition coefficient (Wildman–Crippen LogP) is 3.77. The van der Waals surface area contributed by atoms with Gasteiger partial charge in [-0.1, -0.05) is 36.4 Å². The Morgan fingerprint density at radius 2 is 1.67 bits per heavy atom. The van der Waals surface area contributed by atoms with Crippen LogP contribution in [0.4, 0.5) is 4.39 Å². The molecule has 5 nitrogen and oxygen atoms in total. The molecule has 30 heavy (non-hydrogen) atoms. The van der Waals surface area contributed by atoms with E-state index < -0.39 is 6.10 Å². The number of amides is 1. The van der Waals surface area contributed by atoms with Gasteiger partial charge >= 0.3 is 0 Å². The van der Waals surface area contributed by atoms with Crippen molar-refractivity contribution in [2.75, 3.05) is 13.1 Å². The average Bonchev–Trinajstić information content (AvgIpc) is 3.43. The molecule has 4 atom stereocenters. The highest BCUT2D eigenvalue weighted by Gasteiger charge is 2.44. The van der Waals surface area contributed by atoms with Gasteiger partial charge in [-0.15, -0.1) is 0 Å². The molecule has 0 spiro atoms. The number of nitrogens with zero attached hydrogens (tertiary/aromatic N) is 3. The number of rotatable bonds is 3. The second-order valence-electron chi connectivity index (χ2n) is 8.35. The fourth-order valence-corrected chi connectivity index (χ4v) is 5.09. The minimum Gasteiger partial charge on any atom is -0.391 e. The Hall–Kier alpha value is -2.99. The molecule has 2 heterocycles. The molecule has 0 radical (unpaired) electrons. The first-order chi connectivity index (χ1) is 14.6. The second-order valence-corrected chi connectivity index (χ2v) is 8.35. The van der Waals surface area contributed by atoms with Gasteiger partial charge in [-0.3, -0.25) is 9.48 Å². The van der Waals surface area contributed by atoms with Gasteiger partial charge in [0.1, 0.15) is 5.82 Å². The summed E-state index contributed by atoms with van der Waals surface area (Å²) < 4.78 is 16.2. The van der Waals surface area contributed by atoms with Gasteiger partial charge in [-0.2, -0.15) is 5.10 Å². The maximum absolute atomic E-state index is 14.4. The lowest BCUT2D eigenvalue weighted by molar-refractivity contribution is 0.0306. The third kappa shape index (κ3) is 3.31. The topological polar surface area (TPSA) is 58.4 Å². The summed E-state index contributed by atoms with van der Waals surface area (Å²) in [5.41, 5.74) is 1.57. The molecule has 2 aromatic carbocycles. The first kappa shape index (κ1) is 19.0. The lowest BCUT2D eigenvalue weighted by Gasteiger charge is -2.35. The zero-order chi connectivity index (χ0) is 20.7. The molecule has 1 saturated carbocycles. The van der Waals surface area contributed by atoms with Crippen LogP contribution >= 0.6 is 0 Å². The highest BCUT2D eigenvalue weighted by molar-refractivity contribution is 6.01. The lowest BCUT2D eigenvalue weighted by Crippen LogP contribution is -2.36. The van der Waals surface area contributed by atoms with Gasteiger partial charge in [0.05, 0.1) is 12.1 Å². The van der Waals surface area contributed by atoms with E-state index >= 15 is 0 Å². The van der Waals surface area contributed by atoms with Crippen LogP contribution < -0.4 is 0 Å². The molecule has 1 saturated heterocycles. The van der Waals surface area contributed by atoms with Gasteiger partial charge in [-0.05, 0) is 48.4 Å². The third-order valence-corrected chi connectivity index (χ3v) is 6.58. The molecule has 0 unspecified atom stereocenters. The number of aliphatic hydroxyl groups is 1. The number of carbonyl (C=O) groups excluding carboxylic acids is 1. The molecule has 1 aliphatic heterocycles. The fraction of sp³-hybridized carbons (Fsp3) is 0.333.